The molecule has 1 aliphatic carbocycles. The molecule has 1 saturated carbocycles. The first kappa shape index (κ1) is 13.9. The van der Waals surface area contributed by atoms with Crippen LogP contribution in [-0.2, 0) is 4.79 Å². The first-order valence-electron chi connectivity index (χ1n) is 7.83. The van der Waals surface area contributed by atoms with Crippen LogP contribution in [0.5, 0.6) is 0 Å². The lowest BCUT2D eigenvalue weighted by atomic mass is 9.83. The van der Waals surface area contributed by atoms with E-state index >= 15 is 0 Å². The largest absolute Gasteiger partial charge is 0.355 e. The van der Waals surface area contributed by atoms with Crippen molar-refractivity contribution in [3.63, 3.8) is 0 Å². The fraction of sp³-hybridized carbons (Fsp3) is 0.933. The van der Waals surface area contributed by atoms with Crippen molar-refractivity contribution in [3.8, 4) is 0 Å². The Bertz CT molecular complexity index is 259. The lowest BCUT2D eigenvalue weighted by Gasteiger charge is -2.31. The summed E-state index contributed by atoms with van der Waals surface area (Å²) in [5, 5.41) is 6.61. The third-order valence-electron chi connectivity index (χ3n) is 4.52. The molecule has 2 rings (SSSR count). The molecule has 1 aliphatic heterocycles. The minimum Gasteiger partial charge on any atom is -0.355 e. The van der Waals surface area contributed by atoms with Gasteiger partial charge < -0.3 is 10.6 Å². The van der Waals surface area contributed by atoms with Crippen LogP contribution in [0.2, 0.25) is 0 Å². The van der Waals surface area contributed by atoms with Gasteiger partial charge in [-0.25, -0.2) is 0 Å². The summed E-state index contributed by atoms with van der Waals surface area (Å²) in [5.74, 6) is 1.17. The van der Waals surface area contributed by atoms with E-state index < -0.39 is 0 Å². The molecule has 1 amide bonds. The van der Waals surface area contributed by atoms with Crippen molar-refractivity contribution in [1.82, 2.24) is 10.6 Å². The van der Waals surface area contributed by atoms with Gasteiger partial charge in [0.15, 0.2) is 0 Å². The van der Waals surface area contributed by atoms with Gasteiger partial charge in [0.2, 0.25) is 5.91 Å². The van der Waals surface area contributed by atoms with E-state index in [1.165, 1.54) is 44.9 Å². The topological polar surface area (TPSA) is 41.1 Å². The lowest BCUT2D eigenvalue weighted by Crippen LogP contribution is -2.48. The highest BCUT2D eigenvalue weighted by Crippen LogP contribution is 2.28. The molecule has 0 radical (unpaired) electrons. The monoisotopic (exact) mass is 252 g/mol. The molecular weight excluding hydrogens is 224 g/mol. The SMILES string of the molecule is CCCC1CCC(NC2CCCCNC2=O)CC1. The maximum atomic E-state index is 11.9. The molecule has 0 aromatic carbocycles. The van der Waals surface area contributed by atoms with Gasteiger partial charge in [0, 0.05) is 12.6 Å². The number of carbonyl (C=O) groups excluding carboxylic acids is 1. The maximum absolute atomic E-state index is 11.9. The van der Waals surface area contributed by atoms with Crippen LogP contribution < -0.4 is 10.6 Å². The molecular formula is C15H28N2O. The van der Waals surface area contributed by atoms with E-state index in [1.54, 1.807) is 0 Å². The highest BCUT2D eigenvalue weighted by atomic mass is 16.2. The molecule has 1 saturated heterocycles. The van der Waals surface area contributed by atoms with Crippen LogP contribution in [0.3, 0.4) is 0 Å². The average molecular weight is 252 g/mol. The fourth-order valence-corrected chi connectivity index (χ4v) is 3.41. The van der Waals surface area contributed by atoms with Gasteiger partial charge in [0.25, 0.3) is 0 Å². The van der Waals surface area contributed by atoms with Crippen LogP contribution >= 0.6 is 0 Å². The van der Waals surface area contributed by atoms with E-state index in [9.17, 15) is 4.79 Å². The molecule has 0 aromatic rings. The summed E-state index contributed by atoms with van der Waals surface area (Å²) in [5.41, 5.74) is 0. The Kier molecular flexibility index (Phi) is 5.48. The van der Waals surface area contributed by atoms with Crippen molar-refractivity contribution in [1.29, 1.82) is 0 Å². The standard InChI is InChI=1S/C15H28N2O/c1-2-5-12-7-9-13(10-8-12)17-14-6-3-4-11-16-15(14)18/h12-14,17H,2-11H2,1H3,(H,16,18). The summed E-state index contributed by atoms with van der Waals surface area (Å²) in [6, 6.07) is 0.646. The van der Waals surface area contributed by atoms with E-state index in [-0.39, 0.29) is 11.9 Å². The van der Waals surface area contributed by atoms with Gasteiger partial charge in [-0.15, -0.1) is 0 Å². The van der Waals surface area contributed by atoms with Gasteiger partial charge in [-0.3, -0.25) is 4.79 Å². The van der Waals surface area contributed by atoms with Crippen LogP contribution in [0, 0.1) is 5.92 Å². The molecule has 0 bridgehead atoms. The summed E-state index contributed by atoms with van der Waals surface area (Å²) in [6.07, 6.45) is 11.2. The predicted octanol–water partition coefficient (Wildman–Crippen LogP) is 2.60. The predicted molar refractivity (Wildman–Crippen MR) is 74.4 cm³/mol. The molecule has 1 atom stereocenters. The van der Waals surface area contributed by atoms with Gasteiger partial charge in [0.1, 0.15) is 0 Å². The summed E-state index contributed by atoms with van der Waals surface area (Å²) in [7, 11) is 0. The molecule has 3 nitrogen and oxygen atoms in total. The summed E-state index contributed by atoms with van der Waals surface area (Å²) in [4.78, 5) is 11.9. The van der Waals surface area contributed by atoms with Crippen molar-refractivity contribution < 1.29 is 4.79 Å². The zero-order valence-corrected chi connectivity index (χ0v) is 11.7. The minimum absolute atomic E-state index is 0.0697. The summed E-state index contributed by atoms with van der Waals surface area (Å²) in [6.45, 7) is 3.14. The Balaban J connectivity index is 1.74. The van der Waals surface area contributed by atoms with Gasteiger partial charge in [-0.2, -0.15) is 0 Å². The number of amides is 1. The van der Waals surface area contributed by atoms with E-state index in [1.807, 2.05) is 0 Å². The first-order chi connectivity index (χ1) is 8.79. The number of rotatable bonds is 4. The van der Waals surface area contributed by atoms with Gasteiger partial charge in [-0.05, 0) is 50.9 Å². The van der Waals surface area contributed by atoms with Crippen LogP contribution in [0.15, 0.2) is 0 Å². The Morgan fingerprint density at radius 3 is 2.67 bits per heavy atom. The zero-order valence-electron chi connectivity index (χ0n) is 11.7. The van der Waals surface area contributed by atoms with Crippen molar-refractivity contribution in [2.75, 3.05) is 6.54 Å². The molecule has 0 spiro atoms. The van der Waals surface area contributed by atoms with Crippen molar-refractivity contribution in [2.45, 2.75) is 76.8 Å². The fourth-order valence-electron chi connectivity index (χ4n) is 3.41. The van der Waals surface area contributed by atoms with Crippen molar-refractivity contribution in [2.24, 2.45) is 5.92 Å². The molecule has 2 fully saturated rings. The number of hydrogen-bond donors (Lipinski definition) is 2. The quantitative estimate of drug-likeness (QED) is 0.807. The molecule has 18 heavy (non-hydrogen) atoms. The smallest absolute Gasteiger partial charge is 0.237 e. The van der Waals surface area contributed by atoms with Crippen LogP contribution in [0.4, 0.5) is 0 Å². The number of hydrogen-bond acceptors (Lipinski definition) is 2. The normalized spacial score (nSPS) is 33.8. The lowest BCUT2D eigenvalue weighted by molar-refractivity contribution is -0.123. The van der Waals surface area contributed by atoms with Crippen molar-refractivity contribution in [3.05, 3.63) is 0 Å². The van der Waals surface area contributed by atoms with Crippen LogP contribution in [0.1, 0.15) is 64.7 Å². The third-order valence-corrected chi connectivity index (χ3v) is 4.52. The van der Waals surface area contributed by atoms with Gasteiger partial charge >= 0.3 is 0 Å². The third kappa shape index (κ3) is 3.98. The zero-order chi connectivity index (χ0) is 12.8. The van der Waals surface area contributed by atoms with E-state index in [0.29, 0.717) is 6.04 Å². The second kappa shape index (κ2) is 7.13. The maximum Gasteiger partial charge on any atom is 0.237 e. The second-order valence-electron chi connectivity index (χ2n) is 6.01. The summed E-state index contributed by atoms with van der Waals surface area (Å²) < 4.78 is 0. The minimum atomic E-state index is 0.0697. The molecule has 2 aliphatic rings. The molecule has 1 heterocycles. The molecule has 3 heteroatoms. The van der Waals surface area contributed by atoms with Crippen LogP contribution in [-0.4, -0.2) is 24.5 Å². The van der Waals surface area contributed by atoms with E-state index in [4.69, 9.17) is 0 Å². The highest BCUT2D eigenvalue weighted by Gasteiger charge is 2.26. The van der Waals surface area contributed by atoms with E-state index in [2.05, 4.69) is 17.6 Å². The highest BCUT2D eigenvalue weighted by molar-refractivity contribution is 5.81. The Morgan fingerprint density at radius 2 is 1.94 bits per heavy atom. The molecule has 1 unspecified atom stereocenters. The molecule has 0 aromatic heterocycles. The average Bonchev–Trinajstić information content (AvgIpc) is 2.58. The van der Waals surface area contributed by atoms with Crippen LogP contribution in [0.25, 0.3) is 0 Å². The number of nitrogens with one attached hydrogen (secondary N) is 2. The Hall–Kier alpha value is -0.570. The van der Waals surface area contributed by atoms with Crippen molar-refractivity contribution >= 4 is 5.91 Å². The van der Waals surface area contributed by atoms with Gasteiger partial charge in [0.05, 0.1) is 6.04 Å². The van der Waals surface area contributed by atoms with Gasteiger partial charge in [-0.1, -0.05) is 19.8 Å². The molecule has 2 N–H and O–H groups in total. The summed E-state index contributed by atoms with van der Waals surface area (Å²) >= 11 is 0. The molecule has 104 valence electrons. The van der Waals surface area contributed by atoms with E-state index in [0.717, 1.165) is 25.3 Å². The first-order valence-corrected chi connectivity index (χ1v) is 7.83. The Labute approximate surface area is 111 Å². The number of carbonyl (C=O) groups is 1. The Morgan fingerprint density at radius 1 is 1.17 bits per heavy atom. The second-order valence-corrected chi connectivity index (χ2v) is 6.01.